The molecule has 0 N–H and O–H groups in total. The Hall–Kier alpha value is 0.157. The molecule has 104 valence electrons. The molecule has 1 aromatic rings. The van der Waals surface area contributed by atoms with Crippen molar-refractivity contribution in [2.45, 2.75) is 50.8 Å². The molecule has 0 aliphatic rings. The standard InChI is InChI=1S/C13H23BrO2SSi/c1-13(2,3)18(5,6)16-9-12-11(15-4)7-10(8-14)17-12/h7H,8-9H2,1-6H3. The predicted octanol–water partition coefficient (Wildman–Crippen LogP) is 5.17. The summed E-state index contributed by atoms with van der Waals surface area (Å²) in [5, 5.41) is 1.11. The first-order valence-corrected chi connectivity index (χ1v) is 10.9. The molecule has 0 spiro atoms. The summed E-state index contributed by atoms with van der Waals surface area (Å²) < 4.78 is 11.6. The molecular weight excluding hydrogens is 328 g/mol. The lowest BCUT2D eigenvalue weighted by atomic mass is 10.2. The first kappa shape index (κ1) is 16.2. The number of hydrogen-bond donors (Lipinski definition) is 0. The van der Waals surface area contributed by atoms with Crippen molar-refractivity contribution in [1.82, 2.24) is 0 Å². The molecule has 0 aliphatic heterocycles. The molecule has 0 atom stereocenters. The Kier molecular flexibility index (Phi) is 5.47. The summed E-state index contributed by atoms with van der Waals surface area (Å²) in [6, 6.07) is 2.09. The first-order valence-electron chi connectivity index (χ1n) is 6.07. The number of halogens is 1. The monoisotopic (exact) mass is 350 g/mol. The highest BCUT2D eigenvalue weighted by Crippen LogP contribution is 2.39. The van der Waals surface area contributed by atoms with Crippen LogP contribution in [0.4, 0.5) is 0 Å². The van der Waals surface area contributed by atoms with Crippen LogP contribution >= 0.6 is 27.3 Å². The zero-order valence-electron chi connectivity index (χ0n) is 12.1. The number of rotatable bonds is 5. The van der Waals surface area contributed by atoms with Gasteiger partial charge in [0, 0.05) is 10.2 Å². The van der Waals surface area contributed by atoms with Crippen molar-refractivity contribution in [3.63, 3.8) is 0 Å². The maximum Gasteiger partial charge on any atom is 0.192 e. The summed E-state index contributed by atoms with van der Waals surface area (Å²) in [5.74, 6) is 0.952. The average Bonchev–Trinajstić information content (AvgIpc) is 2.67. The molecule has 0 aliphatic carbocycles. The van der Waals surface area contributed by atoms with E-state index in [-0.39, 0.29) is 5.04 Å². The van der Waals surface area contributed by atoms with Crippen LogP contribution in [0.25, 0.3) is 0 Å². The zero-order valence-corrected chi connectivity index (χ0v) is 15.5. The van der Waals surface area contributed by atoms with Crippen LogP contribution < -0.4 is 4.74 Å². The number of methoxy groups -OCH3 is 1. The van der Waals surface area contributed by atoms with Crippen LogP contribution in [0.2, 0.25) is 18.1 Å². The van der Waals surface area contributed by atoms with Crippen LogP contribution in [-0.2, 0) is 16.4 Å². The first-order chi connectivity index (χ1) is 8.21. The van der Waals surface area contributed by atoms with E-state index in [1.807, 2.05) is 0 Å². The van der Waals surface area contributed by atoms with Gasteiger partial charge in [0.1, 0.15) is 5.75 Å². The van der Waals surface area contributed by atoms with E-state index in [4.69, 9.17) is 9.16 Å². The number of thiophene rings is 1. The fourth-order valence-electron chi connectivity index (χ4n) is 1.27. The third kappa shape index (κ3) is 3.82. The molecule has 0 saturated carbocycles. The lowest BCUT2D eigenvalue weighted by Crippen LogP contribution is -2.40. The molecule has 0 fully saturated rings. The SMILES string of the molecule is COc1cc(CBr)sc1CO[Si](C)(C)C(C)(C)C. The molecular formula is C13H23BrO2SSi. The second-order valence-corrected chi connectivity index (χ2v) is 12.5. The largest absolute Gasteiger partial charge is 0.495 e. The molecule has 0 saturated heterocycles. The van der Waals surface area contributed by atoms with Crippen molar-refractivity contribution in [1.29, 1.82) is 0 Å². The van der Waals surface area contributed by atoms with E-state index in [0.717, 1.165) is 11.1 Å². The van der Waals surface area contributed by atoms with Gasteiger partial charge in [-0.25, -0.2) is 0 Å². The Morgan fingerprint density at radius 1 is 1.33 bits per heavy atom. The summed E-state index contributed by atoms with van der Waals surface area (Å²) in [5.41, 5.74) is 0. The third-order valence-electron chi connectivity index (χ3n) is 3.54. The Morgan fingerprint density at radius 2 is 1.94 bits per heavy atom. The molecule has 0 aromatic carbocycles. The average molecular weight is 351 g/mol. The summed E-state index contributed by atoms with van der Waals surface area (Å²) in [4.78, 5) is 2.47. The molecule has 5 heteroatoms. The van der Waals surface area contributed by atoms with E-state index in [0.29, 0.717) is 6.61 Å². The molecule has 0 radical (unpaired) electrons. The normalized spacial score (nSPS) is 12.8. The van der Waals surface area contributed by atoms with Crippen molar-refractivity contribution in [2.75, 3.05) is 7.11 Å². The zero-order chi connectivity index (χ0) is 14.0. The summed E-state index contributed by atoms with van der Waals surface area (Å²) in [7, 11) is 0.0332. The lowest BCUT2D eigenvalue weighted by molar-refractivity contribution is 0.273. The van der Waals surface area contributed by atoms with Crippen LogP contribution in [0, 0.1) is 0 Å². The molecule has 0 amide bonds. The Bertz CT molecular complexity index is 396. The minimum atomic E-state index is -1.68. The van der Waals surface area contributed by atoms with Crippen molar-refractivity contribution in [3.05, 3.63) is 15.8 Å². The predicted molar refractivity (Wildman–Crippen MR) is 85.5 cm³/mol. The highest BCUT2D eigenvalue weighted by molar-refractivity contribution is 9.08. The quantitative estimate of drug-likeness (QED) is 0.538. The van der Waals surface area contributed by atoms with Gasteiger partial charge in [-0.3, -0.25) is 0 Å². The summed E-state index contributed by atoms with van der Waals surface area (Å²) in [6.07, 6.45) is 0. The van der Waals surface area contributed by atoms with Crippen molar-refractivity contribution >= 4 is 35.6 Å². The Morgan fingerprint density at radius 3 is 2.39 bits per heavy atom. The topological polar surface area (TPSA) is 18.5 Å². The third-order valence-corrected chi connectivity index (χ3v) is 10.1. The molecule has 1 rings (SSSR count). The van der Waals surface area contributed by atoms with Gasteiger partial charge in [-0.15, -0.1) is 11.3 Å². The van der Waals surface area contributed by atoms with Gasteiger partial charge in [-0.05, 0) is 24.2 Å². The van der Waals surface area contributed by atoms with Crippen molar-refractivity contribution in [2.24, 2.45) is 0 Å². The van der Waals surface area contributed by atoms with E-state index in [1.165, 1.54) is 9.75 Å². The maximum absolute atomic E-state index is 6.23. The fraction of sp³-hybridized carbons (Fsp3) is 0.692. The highest BCUT2D eigenvalue weighted by atomic mass is 79.9. The van der Waals surface area contributed by atoms with E-state index >= 15 is 0 Å². The molecule has 2 nitrogen and oxygen atoms in total. The van der Waals surface area contributed by atoms with Gasteiger partial charge in [0.2, 0.25) is 0 Å². The van der Waals surface area contributed by atoms with Crippen LogP contribution in [-0.4, -0.2) is 15.4 Å². The fourth-order valence-corrected chi connectivity index (χ4v) is 3.71. The molecule has 0 bridgehead atoms. The maximum atomic E-state index is 6.23. The molecule has 18 heavy (non-hydrogen) atoms. The van der Waals surface area contributed by atoms with Gasteiger partial charge in [-0.2, -0.15) is 0 Å². The van der Waals surface area contributed by atoms with E-state index in [2.05, 4.69) is 55.9 Å². The second-order valence-electron chi connectivity index (χ2n) is 5.89. The summed E-state index contributed by atoms with van der Waals surface area (Å²) >= 11 is 5.24. The smallest absolute Gasteiger partial charge is 0.192 e. The van der Waals surface area contributed by atoms with Gasteiger partial charge in [0.15, 0.2) is 8.32 Å². The summed E-state index contributed by atoms with van der Waals surface area (Å²) in [6.45, 7) is 12.0. The van der Waals surface area contributed by atoms with Gasteiger partial charge in [-0.1, -0.05) is 36.7 Å². The number of hydrogen-bond acceptors (Lipinski definition) is 3. The van der Waals surface area contributed by atoms with Gasteiger partial charge in [0.25, 0.3) is 0 Å². The Labute approximate surface area is 124 Å². The van der Waals surface area contributed by atoms with Crippen molar-refractivity contribution < 1.29 is 9.16 Å². The van der Waals surface area contributed by atoms with Gasteiger partial charge >= 0.3 is 0 Å². The van der Waals surface area contributed by atoms with E-state index < -0.39 is 8.32 Å². The van der Waals surface area contributed by atoms with Crippen LogP contribution in [0.1, 0.15) is 30.5 Å². The van der Waals surface area contributed by atoms with E-state index in [1.54, 1.807) is 18.4 Å². The Balaban J connectivity index is 2.77. The highest BCUT2D eigenvalue weighted by Gasteiger charge is 2.37. The van der Waals surface area contributed by atoms with Crippen molar-refractivity contribution in [3.8, 4) is 5.75 Å². The minimum Gasteiger partial charge on any atom is -0.495 e. The van der Waals surface area contributed by atoms with Crippen LogP contribution in [0.5, 0.6) is 5.75 Å². The minimum absolute atomic E-state index is 0.246. The second kappa shape index (κ2) is 6.07. The molecule has 0 unspecified atom stereocenters. The van der Waals surface area contributed by atoms with Crippen LogP contribution in [0.15, 0.2) is 6.07 Å². The number of ether oxygens (including phenoxy) is 1. The molecule has 1 aromatic heterocycles. The lowest BCUT2D eigenvalue weighted by Gasteiger charge is -2.36. The number of alkyl halides is 1. The molecule has 1 heterocycles. The van der Waals surface area contributed by atoms with Gasteiger partial charge < -0.3 is 9.16 Å². The van der Waals surface area contributed by atoms with E-state index in [9.17, 15) is 0 Å². The van der Waals surface area contributed by atoms with Crippen LogP contribution in [0.3, 0.4) is 0 Å². The van der Waals surface area contributed by atoms with Gasteiger partial charge in [0.05, 0.1) is 18.6 Å².